The van der Waals surface area contributed by atoms with E-state index in [2.05, 4.69) is 15.3 Å². The molecule has 0 bridgehead atoms. The number of aryl methyl sites for hydroxylation is 1. The molecular weight excluding hydrogens is 394 g/mol. The number of aromatic nitrogens is 2. The van der Waals surface area contributed by atoms with Gasteiger partial charge in [-0.2, -0.15) is 5.10 Å². The lowest BCUT2D eigenvalue weighted by molar-refractivity contribution is 0.0995. The van der Waals surface area contributed by atoms with Gasteiger partial charge in [0.2, 0.25) is 11.3 Å². The van der Waals surface area contributed by atoms with Gasteiger partial charge >= 0.3 is 0 Å². The van der Waals surface area contributed by atoms with Gasteiger partial charge in [-0.05, 0) is 50.1 Å². The van der Waals surface area contributed by atoms with Crippen molar-refractivity contribution >= 4 is 23.2 Å². The summed E-state index contributed by atoms with van der Waals surface area (Å²) < 4.78 is 1.55. The largest absolute Gasteiger partial charge is 0.370 e. The van der Waals surface area contributed by atoms with E-state index in [1.54, 1.807) is 23.7 Å². The van der Waals surface area contributed by atoms with E-state index in [1.807, 2.05) is 30.3 Å². The lowest BCUT2D eigenvalue weighted by Crippen LogP contribution is -2.28. The monoisotopic (exact) mass is 417 g/mol. The smallest absolute Gasteiger partial charge is 0.280 e. The standard InChI is InChI=1S/C23H23N5O3/c1-15-13-20(29)21(26-28(15)17-7-3-2-4-8-17)23(31)25-18-14-16(22(24)30)9-10-19(18)27-11-5-6-12-27/h2-4,7-10,13-14H,5-6,11-12H2,1H3,(H2,24,30)(H,25,31). The zero-order valence-electron chi connectivity index (χ0n) is 17.2. The second-order valence-electron chi connectivity index (χ2n) is 7.49. The number of nitrogens with two attached hydrogens (primary N) is 1. The van der Waals surface area contributed by atoms with Gasteiger partial charge in [-0.15, -0.1) is 0 Å². The Bertz CT molecular complexity index is 1200. The number of carbonyl (C=O) groups is 2. The fourth-order valence-electron chi connectivity index (χ4n) is 3.74. The fraction of sp³-hybridized carbons (Fsp3) is 0.217. The van der Waals surface area contributed by atoms with E-state index in [9.17, 15) is 14.4 Å². The van der Waals surface area contributed by atoms with Crippen molar-refractivity contribution in [1.29, 1.82) is 0 Å². The highest BCUT2D eigenvalue weighted by molar-refractivity contribution is 6.06. The molecule has 0 spiro atoms. The molecule has 0 atom stereocenters. The Morgan fingerprint density at radius 2 is 1.74 bits per heavy atom. The minimum Gasteiger partial charge on any atom is -0.370 e. The molecule has 0 saturated carbocycles. The summed E-state index contributed by atoms with van der Waals surface area (Å²) in [5.74, 6) is -1.24. The molecule has 1 aliphatic rings. The summed E-state index contributed by atoms with van der Waals surface area (Å²) in [4.78, 5) is 39.4. The van der Waals surface area contributed by atoms with Gasteiger partial charge in [0, 0.05) is 30.4 Å². The molecule has 2 heterocycles. The number of hydrogen-bond acceptors (Lipinski definition) is 5. The van der Waals surface area contributed by atoms with Gasteiger partial charge < -0.3 is 16.0 Å². The van der Waals surface area contributed by atoms with Crippen molar-refractivity contribution in [2.45, 2.75) is 19.8 Å². The topological polar surface area (TPSA) is 110 Å². The number of anilines is 2. The SMILES string of the molecule is Cc1cc(=O)c(C(=O)Nc2cc(C(N)=O)ccc2N2CCCC2)nn1-c1ccccc1. The highest BCUT2D eigenvalue weighted by Crippen LogP contribution is 2.30. The number of carbonyl (C=O) groups excluding carboxylic acids is 2. The van der Waals surface area contributed by atoms with Crippen LogP contribution in [0.3, 0.4) is 0 Å². The molecule has 2 aromatic carbocycles. The molecule has 0 radical (unpaired) electrons. The normalized spacial score (nSPS) is 13.3. The van der Waals surface area contributed by atoms with E-state index in [4.69, 9.17) is 5.73 Å². The van der Waals surface area contributed by atoms with Crippen molar-refractivity contribution in [2.75, 3.05) is 23.3 Å². The zero-order chi connectivity index (χ0) is 22.0. The molecule has 1 aromatic heterocycles. The summed E-state index contributed by atoms with van der Waals surface area (Å²) in [5, 5.41) is 7.08. The molecular formula is C23H23N5O3. The van der Waals surface area contributed by atoms with Crippen LogP contribution in [0.15, 0.2) is 59.4 Å². The summed E-state index contributed by atoms with van der Waals surface area (Å²) in [6.07, 6.45) is 2.10. The summed E-state index contributed by atoms with van der Waals surface area (Å²) in [7, 11) is 0. The van der Waals surface area contributed by atoms with Crippen molar-refractivity contribution in [3.63, 3.8) is 0 Å². The van der Waals surface area contributed by atoms with Gasteiger partial charge in [0.15, 0.2) is 5.69 Å². The third-order valence-corrected chi connectivity index (χ3v) is 5.30. The van der Waals surface area contributed by atoms with Crippen LogP contribution in [0.5, 0.6) is 0 Å². The van der Waals surface area contributed by atoms with E-state index >= 15 is 0 Å². The summed E-state index contributed by atoms with van der Waals surface area (Å²) in [6, 6.07) is 15.6. The molecule has 8 heteroatoms. The summed E-state index contributed by atoms with van der Waals surface area (Å²) in [6.45, 7) is 3.45. The van der Waals surface area contributed by atoms with Gasteiger partial charge in [-0.1, -0.05) is 18.2 Å². The molecule has 0 unspecified atom stereocenters. The predicted octanol–water partition coefficient (Wildman–Crippen LogP) is 2.49. The van der Waals surface area contributed by atoms with E-state index < -0.39 is 17.2 Å². The van der Waals surface area contributed by atoms with Gasteiger partial charge in [0.25, 0.3) is 5.91 Å². The highest BCUT2D eigenvalue weighted by Gasteiger charge is 2.21. The Morgan fingerprint density at radius 1 is 1.03 bits per heavy atom. The first-order valence-corrected chi connectivity index (χ1v) is 10.1. The molecule has 1 aliphatic heterocycles. The van der Waals surface area contributed by atoms with Crippen molar-refractivity contribution in [3.8, 4) is 5.69 Å². The zero-order valence-corrected chi connectivity index (χ0v) is 17.2. The van der Waals surface area contributed by atoms with Crippen molar-refractivity contribution < 1.29 is 9.59 Å². The number of nitrogens with one attached hydrogen (secondary N) is 1. The number of primary amides is 1. The van der Waals surface area contributed by atoms with E-state index in [-0.39, 0.29) is 11.3 Å². The van der Waals surface area contributed by atoms with Gasteiger partial charge in [0.1, 0.15) is 0 Å². The Morgan fingerprint density at radius 3 is 2.42 bits per heavy atom. The predicted molar refractivity (Wildman–Crippen MR) is 119 cm³/mol. The Kier molecular flexibility index (Phi) is 5.53. The van der Waals surface area contributed by atoms with Crippen molar-refractivity contribution in [3.05, 3.63) is 81.8 Å². The molecule has 3 N–H and O–H groups in total. The molecule has 2 amide bonds. The molecule has 158 valence electrons. The molecule has 4 rings (SSSR count). The van der Waals surface area contributed by atoms with Crippen molar-refractivity contribution in [2.24, 2.45) is 5.73 Å². The van der Waals surface area contributed by atoms with Crippen molar-refractivity contribution in [1.82, 2.24) is 9.78 Å². The fourth-order valence-corrected chi connectivity index (χ4v) is 3.74. The van der Waals surface area contributed by atoms with Gasteiger partial charge in [-0.3, -0.25) is 14.4 Å². The molecule has 1 saturated heterocycles. The molecule has 0 aliphatic carbocycles. The van der Waals surface area contributed by atoms with Crippen LogP contribution in [-0.4, -0.2) is 34.7 Å². The first-order chi connectivity index (χ1) is 14.9. The first kappa shape index (κ1) is 20.3. The average molecular weight is 417 g/mol. The maximum Gasteiger partial charge on any atom is 0.280 e. The Labute approximate surface area is 179 Å². The number of rotatable bonds is 5. The van der Waals surface area contributed by atoms with Crippen LogP contribution in [0.25, 0.3) is 5.69 Å². The number of hydrogen-bond donors (Lipinski definition) is 2. The summed E-state index contributed by atoms with van der Waals surface area (Å²) >= 11 is 0. The maximum absolute atomic E-state index is 13.1. The van der Waals surface area contributed by atoms with Crippen LogP contribution in [-0.2, 0) is 0 Å². The minimum atomic E-state index is -0.642. The van der Waals surface area contributed by atoms with E-state index in [0.717, 1.165) is 37.3 Å². The Balaban J connectivity index is 1.72. The second kappa shape index (κ2) is 8.43. The van der Waals surface area contributed by atoms with Crippen LogP contribution in [0.4, 0.5) is 11.4 Å². The number of nitrogens with zero attached hydrogens (tertiary/aromatic N) is 3. The summed E-state index contributed by atoms with van der Waals surface area (Å²) in [5.41, 5.74) is 7.55. The second-order valence-corrected chi connectivity index (χ2v) is 7.49. The molecule has 3 aromatic rings. The maximum atomic E-state index is 13.1. The lowest BCUT2D eigenvalue weighted by Gasteiger charge is -2.22. The van der Waals surface area contributed by atoms with Crippen LogP contribution in [0, 0.1) is 6.92 Å². The first-order valence-electron chi connectivity index (χ1n) is 10.1. The number of amides is 2. The number of para-hydroxylation sites is 1. The molecule has 1 fully saturated rings. The van der Waals surface area contributed by atoms with Crippen LogP contribution in [0.1, 0.15) is 39.4 Å². The van der Waals surface area contributed by atoms with E-state index in [1.165, 1.54) is 12.1 Å². The van der Waals surface area contributed by atoms with Gasteiger partial charge in [0.05, 0.1) is 17.1 Å². The number of benzene rings is 2. The Hall–Kier alpha value is -3.94. The molecule has 31 heavy (non-hydrogen) atoms. The quantitative estimate of drug-likeness (QED) is 0.663. The van der Waals surface area contributed by atoms with Gasteiger partial charge in [-0.25, -0.2) is 4.68 Å². The third-order valence-electron chi connectivity index (χ3n) is 5.30. The van der Waals surface area contributed by atoms with Crippen LogP contribution in [0.2, 0.25) is 0 Å². The average Bonchev–Trinajstić information content (AvgIpc) is 3.29. The minimum absolute atomic E-state index is 0.230. The van der Waals surface area contributed by atoms with Crippen LogP contribution < -0.4 is 21.4 Å². The third kappa shape index (κ3) is 4.18. The highest BCUT2D eigenvalue weighted by atomic mass is 16.2. The lowest BCUT2D eigenvalue weighted by atomic mass is 10.1. The van der Waals surface area contributed by atoms with Crippen LogP contribution >= 0.6 is 0 Å². The van der Waals surface area contributed by atoms with E-state index in [0.29, 0.717) is 11.4 Å². The molecule has 8 nitrogen and oxygen atoms in total.